The molecule has 37 heavy (non-hydrogen) atoms. The largest absolute Gasteiger partial charge is 0.458 e. The number of fused-ring (bicyclic) bond motifs is 1. The lowest BCUT2D eigenvalue weighted by atomic mass is 10.1. The molecule has 11 heteroatoms. The molecule has 0 bridgehead atoms. The van der Waals surface area contributed by atoms with Gasteiger partial charge in [0.2, 0.25) is 24.4 Å². The number of nitrogens with zero attached hydrogens (tertiary/aromatic N) is 5. The van der Waals surface area contributed by atoms with Crippen LogP contribution in [0.5, 0.6) is 11.5 Å². The van der Waals surface area contributed by atoms with E-state index in [1.807, 2.05) is 38.1 Å². The van der Waals surface area contributed by atoms with Crippen molar-refractivity contribution < 1.29 is 23.5 Å². The molecule has 0 spiro atoms. The number of carbonyl (C=O) groups is 2. The van der Waals surface area contributed by atoms with Crippen molar-refractivity contribution in [2.45, 2.75) is 77.5 Å². The van der Waals surface area contributed by atoms with Gasteiger partial charge in [-0.15, -0.1) is 10.2 Å². The van der Waals surface area contributed by atoms with Gasteiger partial charge in [0.15, 0.2) is 17.3 Å². The Morgan fingerprint density at radius 1 is 1.16 bits per heavy atom. The van der Waals surface area contributed by atoms with Crippen LogP contribution in [-0.4, -0.2) is 55.8 Å². The normalized spacial score (nSPS) is 15.6. The summed E-state index contributed by atoms with van der Waals surface area (Å²) >= 11 is 0. The lowest BCUT2D eigenvalue weighted by molar-refractivity contribution is -0.142. The number of aryl methyl sites for hydroxylation is 1. The smallest absolute Gasteiger partial charge is 0.247 e. The van der Waals surface area contributed by atoms with Crippen LogP contribution in [0.15, 0.2) is 34.7 Å². The molecule has 1 atom stereocenters. The Morgan fingerprint density at radius 2 is 1.97 bits per heavy atom. The van der Waals surface area contributed by atoms with Crippen LogP contribution >= 0.6 is 0 Å². The van der Waals surface area contributed by atoms with E-state index < -0.39 is 6.04 Å². The summed E-state index contributed by atoms with van der Waals surface area (Å²) in [5, 5.41) is 15.6. The van der Waals surface area contributed by atoms with Crippen LogP contribution in [0.3, 0.4) is 0 Å². The van der Waals surface area contributed by atoms with Crippen molar-refractivity contribution in [3.8, 4) is 23.1 Å². The fourth-order valence-electron chi connectivity index (χ4n) is 4.85. The van der Waals surface area contributed by atoms with E-state index in [9.17, 15) is 9.59 Å². The summed E-state index contributed by atoms with van der Waals surface area (Å²) in [5.41, 5.74) is 0.839. The molecule has 1 N–H and O–H groups in total. The highest BCUT2D eigenvalue weighted by Crippen LogP contribution is 2.33. The number of amides is 2. The second kappa shape index (κ2) is 11.0. The van der Waals surface area contributed by atoms with Gasteiger partial charge in [0.25, 0.3) is 0 Å². The summed E-state index contributed by atoms with van der Waals surface area (Å²) in [6, 6.07) is 8.67. The van der Waals surface area contributed by atoms with Crippen molar-refractivity contribution in [2.24, 2.45) is 0 Å². The van der Waals surface area contributed by atoms with E-state index >= 15 is 0 Å². The van der Waals surface area contributed by atoms with Gasteiger partial charge in [0.05, 0.1) is 0 Å². The second-order valence-electron chi connectivity index (χ2n) is 9.56. The fraction of sp³-hybridized carbons (Fsp3) is 0.500. The Balaban J connectivity index is 1.38. The van der Waals surface area contributed by atoms with Crippen molar-refractivity contribution in [3.63, 3.8) is 0 Å². The van der Waals surface area contributed by atoms with Crippen molar-refractivity contribution >= 4 is 11.8 Å². The number of ether oxygens (including phenoxy) is 2. The van der Waals surface area contributed by atoms with Gasteiger partial charge in [0.1, 0.15) is 18.3 Å². The van der Waals surface area contributed by atoms with Gasteiger partial charge in [-0.1, -0.05) is 32.3 Å². The molecule has 196 valence electrons. The number of aromatic nitrogens is 4. The zero-order chi connectivity index (χ0) is 25.8. The topological polar surface area (TPSA) is 125 Å². The lowest BCUT2D eigenvalue weighted by Crippen LogP contribution is -2.52. The molecule has 0 radical (unpaired) electrons. The third kappa shape index (κ3) is 5.76. The molecule has 3 heterocycles. The summed E-state index contributed by atoms with van der Waals surface area (Å²) in [4.78, 5) is 30.0. The van der Waals surface area contributed by atoms with E-state index in [2.05, 4.69) is 20.7 Å². The van der Waals surface area contributed by atoms with Crippen LogP contribution in [0.4, 0.5) is 0 Å². The maximum absolute atomic E-state index is 13.7. The van der Waals surface area contributed by atoms with Gasteiger partial charge in [-0.05, 0) is 61.2 Å². The maximum atomic E-state index is 13.7. The average Bonchev–Trinajstić information content (AvgIpc) is 3.69. The number of nitrogens with one attached hydrogen (secondary N) is 1. The molecule has 3 aromatic rings. The Kier molecular flexibility index (Phi) is 7.38. The minimum atomic E-state index is -0.626. The molecule has 1 aliphatic heterocycles. The summed E-state index contributed by atoms with van der Waals surface area (Å²) < 4.78 is 16.5. The third-order valence-corrected chi connectivity index (χ3v) is 6.74. The van der Waals surface area contributed by atoms with Crippen molar-refractivity contribution in [2.75, 3.05) is 6.79 Å². The molecule has 2 aliphatic rings. The van der Waals surface area contributed by atoms with Crippen molar-refractivity contribution in [3.05, 3.63) is 41.7 Å². The first-order valence-corrected chi connectivity index (χ1v) is 12.8. The Hall–Kier alpha value is -3.89. The Labute approximate surface area is 215 Å². The molecule has 0 saturated heterocycles. The first kappa shape index (κ1) is 24.8. The molecule has 11 nitrogen and oxygen atoms in total. The average molecular weight is 509 g/mol. The number of furan rings is 1. The van der Waals surface area contributed by atoms with Crippen LogP contribution in [0.25, 0.3) is 11.6 Å². The standard InChI is InChI=1S/C26H32N6O5/c1-3-6-20(26(34)27-19-7-4-5-8-19)31(14-18-10-12-21-23(13-18)36-16-35-21)24(33)15-32-29-25(28-30-32)22-11-9-17(2)37-22/h9-13,19-20H,3-8,14-16H2,1-2H3,(H,27,34). The van der Waals surface area contributed by atoms with Crippen LogP contribution in [0.2, 0.25) is 0 Å². The fourth-order valence-corrected chi connectivity index (χ4v) is 4.85. The molecule has 1 fully saturated rings. The van der Waals surface area contributed by atoms with E-state index in [4.69, 9.17) is 13.9 Å². The summed E-state index contributed by atoms with van der Waals surface area (Å²) in [6.07, 6.45) is 5.45. The highest BCUT2D eigenvalue weighted by atomic mass is 16.7. The van der Waals surface area contributed by atoms with Gasteiger partial charge < -0.3 is 24.1 Å². The van der Waals surface area contributed by atoms with E-state index in [1.165, 1.54) is 4.80 Å². The van der Waals surface area contributed by atoms with Crippen molar-refractivity contribution in [1.82, 2.24) is 30.4 Å². The molecular weight excluding hydrogens is 476 g/mol. The molecular formula is C26H32N6O5. The number of hydrogen-bond donors (Lipinski definition) is 1. The zero-order valence-electron chi connectivity index (χ0n) is 21.2. The maximum Gasteiger partial charge on any atom is 0.247 e. The Morgan fingerprint density at radius 3 is 2.73 bits per heavy atom. The highest BCUT2D eigenvalue weighted by molar-refractivity contribution is 5.87. The van der Waals surface area contributed by atoms with Crippen LogP contribution < -0.4 is 14.8 Å². The minimum Gasteiger partial charge on any atom is -0.458 e. The number of tetrazole rings is 1. The first-order chi connectivity index (χ1) is 18.0. The predicted octanol–water partition coefficient (Wildman–Crippen LogP) is 3.23. The number of hydrogen-bond acceptors (Lipinski definition) is 8. The summed E-state index contributed by atoms with van der Waals surface area (Å²) in [7, 11) is 0. The molecule has 2 amide bonds. The molecule has 1 saturated carbocycles. The van der Waals surface area contributed by atoms with Crippen LogP contribution in [0.1, 0.15) is 56.8 Å². The highest BCUT2D eigenvalue weighted by Gasteiger charge is 2.32. The molecule has 5 rings (SSSR count). The number of carbonyl (C=O) groups excluding carboxylic acids is 2. The summed E-state index contributed by atoms with van der Waals surface area (Å²) in [6.45, 7) is 4.08. The van der Waals surface area contributed by atoms with Gasteiger partial charge in [0, 0.05) is 12.6 Å². The predicted molar refractivity (Wildman–Crippen MR) is 132 cm³/mol. The minimum absolute atomic E-state index is 0.124. The molecule has 2 aromatic heterocycles. The van der Waals surface area contributed by atoms with Crippen molar-refractivity contribution in [1.29, 1.82) is 0 Å². The molecule has 1 aromatic carbocycles. The van der Waals surface area contributed by atoms with E-state index in [0.717, 1.165) is 43.4 Å². The van der Waals surface area contributed by atoms with Gasteiger partial charge >= 0.3 is 0 Å². The van der Waals surface area contributed by atoms with Crippen LogP contribution in [0, 0.1) is 6.92 Å². The Bertz CT molecular complexity index is 1250. The van der Waals surface area contributed by atoms with Gasteiger partial charge in [-0.3, -0.25) is 9.59 Å². The summed E-state index contributed by atoms with van der Waals surface area (Å²) in [5.74, 6) is 2.40. The lowest BCUT2D eigenvalue weighted by Gasteiger charge is -2.32. The first-order valence-electron chi connectivity index (χ1n) is 12.8. The van der Waals surface area contributed by atoms with E-state index in [0.29, 0.717) is 29.5 Å². The van der Waals surface area contributed by atoms with Gasteiger partial charge in [-0.2, -0.15) is 4.80 Å². The quantitative estimate of drug-likeness (QED) is 0.443. The third-order valence-electron chi connectivity index (χ3n) is 6.74. The monoisotopic (exact) mass is 508 g/mol. The number of rotatable bonds is 10. The molecule has 1 aliphatic carbocycles. The molecule has 1 unspecified atom stereocenters. The zero-order valence-corrected chi connectivity index (χ0v) is 21.2. The second-order valence-corrected chi connectivity index (χ2v) is 9.56. The van der Waals surface area contributed by atoms with Crippen LogP contribution in [-0.2, 0) is 22.7 Å². The van der Waals surface area contributed by atoms with E-state index in [-0.39, 0.29) is 37.7 Å². The van der Waals surface area contributed by atoms with Gasteiger partial charge in [-0.25, -0.2) is 0 Å². The SMILES string of the molecule is CCCC(C(=O)NC1CCCC1)N(Cc1ccc2c(c1)OCO2)C(=O)Cn1nnc(-c2ccc(C)o2)n1. The van der Waals surface area contributed by atoms with E-state index in [1.54, 1.807) is 11.0 Å². The number of benzene rings is 1.